The molecular formula is C14H20N3O2P. The molecule has 4 heterocycles. The van der Waals surface area contributed by atoms with Gasteiger partial charge in [-0.3, -0.25) is 14.7 Å². The summed E-state index contributed by atoms with van der Waals surface area (Å²) in [6, 6.07) is 7.86. The van der Waals surface area contributed by atoms with Crippen molar-refractivity contribution in [2.75, 3.05) is 39.7 Å². The maximum atomic E-state index is 10.8. The van der Waals surface area contributed by atoms with Crippen LogP contribution in [0.25, 0.3) is 0 Å². The molecule has 6 heteroatoms. The highest BCUT2D eigenvalue weighted by atomic mass is 31.1. The van der Waals surface area contributed by atoms with Crippen molar-refractivity contribution < 1.29 is 9.84 Å². The number of aliphatic hydroxyl groups is 1. The second-order valence-corrected chi connectivity index (χ2v) is 8.13. The highest BCUT2D eigenvalue weighted by molar-refractivity contribution is 7.58. The molecule has 5 nitrogen and oxygen atoms in total. The van der Waals surface area contributed by atoms with E-state index in [1.165, 1.54) is 12.6 Å². The highest BCUT2D eigenvalue weighted by Gasteiger charge is 2.47. The maximum absolute atomic E-state index is 10.8. The van der Waals surface area contributed by atoms with Gasteiger partial charge in [0.1, 0.15) is 5.75 Å². The molecular weight excluding hydrogens is 273 g/mol. The standard InChI is InChI=1S/C14H20N3O2P/c1-19-12-4-2-11(3-5-12)13(18)14-17-7-15-6-16(8-17)10-20(14)9-15/h2-5,13-14,18H,6-10H2,1H3. The van der Waals surface area contributed by atoms with E-state index in [1.807, 2.05) is 24.3 Å². The van der Waals surface area contributed by atoms with E-state index in [9.17, 15) is 5.11 Å². The lowest BCUT2D eigenvalue weighted by molar-refractivity contribution is -0.0708. The molecule has 0 spiro atoms. The third kappa shape index (κ3) is 2.05. The second-order valence-electron chi connectivity index (χ2n) is 5.86. The molecule has 0 saturated carbocycles. The normalized spacial score (nSPS) is 39.8. The molecule has 5 rings (SSSR count). The van der Waals surface area contributed by atoms with Crippen LogP contribution in [-0.2, 0) is 0 Å². The number of benzene rings is 1. The van der Waals surface area contributed by atoms with Gasteiger partial charge < -0.3 is 9.84 Å². The smallest absolute Gasteiger partial charge is 0.118 e. The van der Waals surface area contributed by atoms with Gasteiger partial charge in [0.15, 0.2) is 0 Å². The van der Waals surface area contributed by atoms with Gasteiger partial charge in [0.2, 0.25) is 0 Å². The minimum absolute atomic E-state index is 0.153. The molecule has 20 heavy (non-hydrogen) atoms. The van der Waals surface area contributed by atoms with Crippen molar-refractivity contribution in [3.8, 4) is 5.75 Å². The van der Waals surface area contributed by atoms with E-state index in [0.717, 1.165) is 31.3 Å². The molecule has 0 aromatic heterocycles. The largest absolute Gasteiger partial charge is 0.497 e. The van der Waals surface area contributed by atoms with Crippen LogP contribution in [0.2, 0.25) is 0 Å². The zero-order chi connectivity index (χ0) is 13.7. The van der Waals surface area contributed by atoms with E-state index in [4.69, 9.17) is 4.74 Å². The molecule has 4 unspecified atom stereocenters. The van der Waals surface area contributed by atoms with Crippen molar-refractivity contribution >= 4 is 7.92 Å². The van der Waals surface area contributed by atoms with Crippen LogP contribution in [-0.4, -0.2) is 65.3 Å². The minimum Gasteiger partial charge on any atom is -0.497 e. The van der Waals surface area contributed by atoms with E-state index in [0.29, 0.717) is 5.78 Å². The molecule has 4 aliphatic heterocycles. The van der Waals surface area contributed by atoms with Crippen LogP contribution >= 0.6 is 7.92 Å². The molecule has 0 amide bonds. The van der Waals surface area contributed by atoms with Gasteiger partial charge >= 0.3 is 0 Å². The Balaban J connectivity index is 1.57. The summed E-state index contributed by atoms with van der Waals surface area (Å²) in [6.07, 6.45) is 1.98. The highest BCUT2D eigenvalue weighted by Crippen LogP contribution is 2.56. The second kappa shape index (κ2) is 4.93. The SMILES string of the molecule is COc1ccc(C(O)C2N3CN4CN(C3)CP2C4)cc1. The fraction of sp³-hybridized carbons (Fsp3) is 0.571. The molecule has 108 valence electrons. The van der Waals surface area contributed by atoms with Gasteiger partial charge in [0, 0.05) is 12.6 Å². The number of nitrogens with zero attached hydrogens (tertiary/aromatic N) is 3. The fourth-order valence-corrected chi connectivity index (χ4v) is 6.60. The summed E-state index contributed by atoms with van der Waals surface area (Å²) in [7, 11) is 1.51. The van der Waals surface area contributed by atoms with Gasteiger partial charge in [0.05, 0.1) is 39.0 Å². The molecule has 1 aromatic rings. The third-order valence-electron chi connectivity index (χ3n) is 4.41. The van der Waals surface area contributed by atoms with Crippen LogP contribution in [0.3, 0.4) is 0 Å². The quantitative estimate of drug-likeness (QED) is 0.850. The van der Waals surface area contributed by atoms with Crippen LogP contribution in [0.15, 0.2) is 24.3 Å². The Kier molecular flexibility index (Phi) is 3.20. The summed E-state index contributed by atoms with van der Waals surface area (Å²) in [4.78, 5) is 7.43. The van der Waals surface area contributed by atoms with E-state index < -0.39 is 0 Å². The molecule has 0 radical (unpaired) electrons. The van der Waals surface area contributed by atoms with Crippen LogP contribution in [0.1, 0.15) is 11.7 Å². The Hall–Kier alpha value is -0.710. The van der Waals surface area contributed by atoms with E-state index in [2.05, 4.69) is 14.7 Å². The van der Waals surface area contributed by atoms with Gasteiger partial charge in [-0.2, -0.15) is 0 Å². The summed E-state index contributed by atoms with van der Waals surface area (Å²) < 4.78 is 5.19. The lowest BCUT2D eigenvalue weighted by atomic mass is 10.1. The average molecular weight is 293 g/mol. The Morgan fingerprint density at radius 1 is 1.15 bits per heavy atom. The summed E-state index contributed by atoms with van der Waals surface area (Å²) in [5.41, 5.74) is 1.01. The zero-order valence-electron chi connectivity index (χ0n) is 11.6. The predicted molar refractivity (Wildman–Crippen MR) is 78.5 cm³/mol. The van der Waals surface area contributed by atoms with Crippen molar-refractivity contribution in [1.82, 2.24) is 14.7 Å². The Bertz CT molecular complexity index is 468. The number of aliphatic hydroxyl groups excluding tert-OH is 1. The molecule has 0 aliphatic carbocycles. The number of hydrogen-bond acceptors (Lipinski definition) is 5. The van der Waals surface area contributed by atoms with Crippen molar-refractivity contribution in [2.24, 2.45) is 0 Å². The first-order chi connectivity index (χ1) is 9.74. The van der Waals surface area contributed by atoms with Crippen LogP contribution in [0.5, 0.6) is 5.75 Å². The van der Waals surface area contributed by atoms with Gasteiger partial charge in [-0.15, -0.1) is 0 Å². The Morgan fingerprint density at radius 3 is 2.35 bits per heavy atom. The Morgan fingerprint density at radius 2 is 1.80 bits per heavy atom. The molecule has 1 aromatic carbocycles. The first-order valence-corrected chi connectivity index (χ1v) is 8.77. The maximum Gasteiger partial charge on any atom is 0.118 e. The van der Waals surface area contributed by atoms with Crippen molar-refractivity contribution in [3.05, 3.63) is 29.8 Å². The molecule has 4 atom stereocenters. The first kappa shape index (κ1) is 13.0. The summed E-state index contributed by atoms with van der Waals surface area (Å²) in [5.74, 6) is 1.15. The van der Waals surface area contributed by atoms with Gasteiger partial charge in [-0.05, 0) is 17.7 Å². The number of rotatable bonds is 3. The molecule has 4 saturated heterocycles. The van der Waals surface area contributed by atoms with E-state index >= 15 is 0 Å². The fourth-order valence-electron chi connectivity index (χ4n) is 3.61. The Labute approximate surface area is 120 Å². The van der Waals surface area contributed by atoms with Crippen molar-refractivity contribution in [1.29, 1.82) is 0 Å². The minimum atomic E-state index is -0.380. The molecule has 4 bridgehead atoms. The zero-order valence-corrected chi connectivity index (χ0v) is 12.5. The van der Waals surface area contributed by atoms with Gasteiger partial charge in [0.25, 0.3) is 0 Å². The molecule has 4 aliphatic rings. The average Bonchev–Trinajstić information content (AvgIpc) is 2.46. The monoisotopic (exact) mass is 293 g/mol. The van der Waals surface area contributed by atoms with Gasteiger partial charge in [-0.1, -0.05) is 20.1 Å². The summed E-state index contributed by atoms with van der Waals surface area (Å²) in [6.45, 7) is 3.13. The number of hydrogen-bond donors (Lipinski definition) is 1. The van der Waals surface area contributed by atoms with Gasteiger partial charge in [-0.25, -0.2) is 0 Å². The van der Waals surface area contributed by atoms with E-state index in [-0.39, 0.29) is 14.0 Å². The topological polar surface area (TPSA) is 39.2 Å². The third-order valence-corrected chi connectivity index (χ3v) is 7.30. The number of methoxy groups -OCH3 is 1. The van der Waals surface area contributed by atoms with Crippen LogP contribution < -0.4 is 4.74 Å². The predicted octanol–water partition coefficient (Wildman–Crippen LogP) is 1.27. The van der Waals surface area contributed by atoms with Crippen LogP contribution in [0, 0.1) is 0 Å². The lowest BCUT2D eigenvalue weighted by Gasteiger charge is -2.60. The van der Waals surface area contributed by atoms with Crippen LogP contribution in [0.4, 0.5) is 0 Å². The van der Waals surface area contributed by atoms with E-state index in [1.54, 1.807) is 7.11 Å². The van der Waals surface area contributed by atoms with Crippen molar-refractivity contribution in [3.63, 3.8) is 0 Å². The van der Waals surface area contributed by atoms with Crippen molar-refractivity contribution in [2.45, 2.75) is 11.9 Å². The number of ether oxygens (including phenoxy) is 1. The summed E-state index contributed by atoms with van der Waals surface area (Å²) >= 11 is 0. The summed E-state index contributed by atoms with van der Waals surface area (Å²) in [5, 5.41) is 10.8. The lowest BCUT2D eigenvalue weighted by Crippen LogP contribution is -2.66. The molecule has 4 fully saturated rings. The first-order valence-electron chi connectivity index (χ1n) is 6.99. The molecule has 1 N–H and O–H groups in total.